The van der Waals surface area contributed by atoms with E-state index in [2.05, 4.69) is 224 Å². The van der Waals surface area contributed by atoms with Crippen molar-refractivity contribution in [3.8, 4) is 55.6 Å². The average molecular weight is 767 g/mol. The number of H-pyrrole nitrogens is 1. The van der Waals surface area contributed by atoms with E-state index in [1.807, 2.05) is 0 Å². The van der Waals surface area contributed by atoms with Gasteiger partial charge in [-0.25, -0.2) is 0 Å². The van der Waals surface area contributed by atoms with Gasteiger partial charge in [-0.05, 0) is 110 Å². The maximum atomic E-state index is 3.77. The first-order chi connectivity index (χ1) is 29.5. The Morgan fingerprint density at radius 2 is 1.05 bits per heavy atom. The Labute approximate surface area is 351 Å². The van der Waals surface area contributed by atoms with Gasteiger partial charge in [-0.2, -0.15) is 0 Å². The molecule has 60 heavy (non-hydrogen) atoms. The smallest absolute Gasteiger partial charge is 0.0548 e. The van der Waals surface area contributed by atoms with Gasteiger partial charge >= 0.3 is 0 Å². The highest BCUT2D eigenvalue weighted by Gasteiger charge is 2.40. The normalized spacial score (nSPS) is 13.2. The molecule has 0 spiro atoms. The number of fused-ring (bicyclic) bond motifs is 9. The summed E-state index contributed by atoms with van der Waals surface area (Å²) in [5, 5.41) is 2.45. The second kappa shape index (κ2) is 13.3. The first-order valence-corrected chi connectivity index (χ1v) is 21.1. The first kappa shape index (κ1) is 34.6. The van der Waals surface area contributed by atoms with Gasteiger partial charge in [-0.15, -0.1) is 0 Å². The highest BCUT2D eigenvalue weighted by molar-refractivity contribution is 6.18. The molecule has 12 rings (SSSR count). The molecule has 0 amide bonds. The van der Waals surface area contributed by atoms with E-state index in [1.165, 1.54) is 94.3 Å². The molecule has 2 nitrogen and oxygen atoms in total. The molecular weight excluding hydrogens is 725 g/mol. The third-order valence-corrected chi connectivity index (χ3v) is 13.2. The van der Waals surface area contributed by atoms with Crippen LogP contribution in [0.3, 0.4) is 0 Å². The molecule has 0 atom stereocenters. The van der Waals surface area contributed by atoms with Crippen LogP contribution in [-0.2, 0) is 11.8 Å². The predicted octanol–water partition coefficient (Wildman–Crippen LogP) is 15.7. The molecule has 0 saturated heterocycles. The summed E-state index contributed by atoms with van der Waals surface area (Å²) >= 11 is 0. The molecule has 1 aromatic heterocycles. The van der Waals surface area contributed by atoms with Crippen LogP contribution < -0.4 is 4.90 Å². The minimum absolute atomic E-state index is 0.253. The molecule has 1 heterocycles. The second-order valence-corrected chi connectivity index (χ2v) is 16.9. The van der Waals surface area contributed by atoms with Crippen LogP contribution in [0.4, 0.5) is 17.1 Å². The Morgan fingerprint density at radius 3 is 1.87 bits per heavy atom. The van der Waals surface area contributed by atoms with Gasteiger partial charge in [0.05, 0.1) is 11.4 Å². The van der Waals surface area contributed by atoms with Gasteiger partial charge in [0.2, 0.25) is 0 Å². The molecule has 9 aromatic carbocycles. The summed E-state index contributed by atoms with van der Waals surface area (Å²) in [6.07, 6.45) is 0.903. The number of anilines is 3. The van der Waals surface area contributed by atoms with Crippen molar-refractivity contribution in [2.45, 2.75) is 25.7 Å². The second-order valence-electron chi connectivity index (χ2n) is 16.9. The Hall–Kier alpha value is -7.42. The quantitative estimate of drug-likeness (QED) is 0.179. The summed E-state index contributed by atoms with van der Waals surface area (Å²) in [5.74, 6) is 0. The molecule has 0 bridgehead atoms. The van der Waals surface area contributed by atoms with Crippen LogP contribution in [0.25, 0.3) is 77.4 Å². The molecule has 0 saturated carbocycles. The Bertz CT molecular complexity index is 3300. The van der Waals surface area contributed by atoms with Gasteiger partial charge in [0.25, 0.3) is 0 Å². The van der Waals surface area contributed by atoms with Crippen LogP contribution in [0.5, 0.6) is 0 Å². The summed E-state index contributed by atoms with van der Waals surface area (Å²) in [5.41, 5.74) is 23.7. The minimum Gasteiger partial charge on any atom is -0.354 e. The van der Waals surface area contributed by atoms with Gasteiger partial charge in [-0.1, -0.05) is 178 Å². The van der Waals surface area contributed by atoms with Crippen LogP contribution in [-0.4, -0.2) is 4.98 Å². The maximum Gasteiger partial charge on any atom is 0.0548 e. The molecule has 0 unspecified atom stereocenters. The van der Waals surface area contributed by atoms with E-state index in [9.17, 15) is 0 Å². The van der Waals surface area contributed by atoms with E-state index in [-0.39, 0.29) is 5.41 Å². The summed E-state index contributed by atoms with van der Waals surface area (Å²) in [7, 11) is 0. The van der Waals surface area contributed by atoms with Crippen molar-refractivity contribution in [3.05, 3.63) is 222 Å². The highest BCUT2D eigenvalue weighted by Crippen LogP contribution is 2.58. The van der Waals surface area contributed by atoms with Gasteiger partial charge in [0, 0.05) is 44.0 Å². The van der Waals surface area contributed by atoms with Crippen molar-refractivity contribution in [3.63, 3.8) is 0 Å². The van der Waals surface area contributed by atoms with E-state index < -0.39 is 0 Å². The van der Waals surface area contributed by atoms with Crippen molar-refractivity contribution >= 4 is 38.9 Å². The van der Waals surface area contributed by atoms with Crippen LogP contribution in [0.15, 0.2) is 200 Å². The van der Waals surface area contributed by atoms with Crippen molar-refractivity contribution in [1.29, 1.82) is 0 Å². The zero-order chi connectivity index (χ0) is 40.0. The SMILES string of the molecule is CC1(C)c2ccccc2-c2ccc(N(c3ccc(-c4ccccc4)cc3)c3ccc4[nH]c5ccccc5c4c3-c3ccccc3)c(-c3cccc4c3Cc3ccccc3-4)c21. The van der Waals surface area contributed by atoms with Crippen molar-refractivity contribution in [1.82, 2.24) is 4.98 Å². The number of para-hydroxylation sites is 1. The number of hydrogen-bond acceptors (Lipinski definition) is 1. The van der Waals surface area contributed by atoms with E-state index in [0.29, 0.717) is 0 Å². The number of benzene rings is 9. The molecule has 284 valence electrons. The summed E-state index contributed by atoms with van der Waals surface area (Å²) in [6, 6.07) is 74.0. The molecule has 2 heteroatoms. The summed E-state index contributed by atoms with van der Waals surface area (Å²) < 4.78 is 0. The number of aromatic amines is 1. The van der Waals surface area contributed by atoms with Gasteiger partial charge in [0.1, 0.15) is 0 Å². The standard InChI is InChI=1S/C58H42N2/c1-58(2)49-26-13-11-22-44(49)46-32-34-53(56(57(46)58)45-25-15-24-43-42-21-10-9-20-40(42)36-48(43)45)60(41-30-28-38(29-31-41)37-16-5-3-6-17-37)52-35-33-51-55(47-23-12-14-27-50(47)59-51)54(52)39-18-7-4-8-19-39/h3-35,59H,36H2,1-2H3. The molecule has 0 fully saturated rings. The van der Waals surface area contributed by atoms with E-state index in [1.54, 1.807) is 0 Å². The van der Waals surface area contributed by atoms with E-state index >= 15 is 0 Å². The van der Waals surface area contributed by atoms with Crippen LogP contribution in [0, 0.1) is 0 Å². The molecule has 1 N–H and O–H groups in total. The van der Waals surface area contributed by atoms with Crippen LogP contribution >= 0.6 is 0 Å². The van der Waals surface area contributed by atoms with E-state index in [0.717, 1.165) is 28.8 Å². The fourth-order valence-electron chi connectivity index (χ4n) is 10.6. The number of aromatic nitrogens is 1. The lowest BCUT2D eigenvalue weighted by molar-refractivity contribution is 0.662. The summed E-state index contributed by atoms with van der Waals surface area (Å²) in [6.45, 7) is 4.85. The van der Waals surface area contributed by atoms with Crippen molar-refractivity contribution in [2.75, 3.05) is 4.90 Å². The monoisotopic (exact) mass is 766 g/mol. The Morgan fingerprint density at radius 1 is 0.433 bits per heavy atom. The summed E-state index contributed by atoms with van der Waals surface area (Å²) in [4.78, 5) is 6.33. The van der Waals surface area contributed by atoms with Crippen LogP contribution in [0.1, 0.15) is 36.1 Å². The zero-order valence-corrected chi connectivity index (χ0v) is 33.7. The van der Waals surface area contributed by atoms with Gasteiger partial charge in [0.15, 0.2) is 0 Å². The highest BCUT2D eigenvalue weighted by atomic mass is 15.1. The fraction of sp³-hybridized carbons (Fsp3) is 0.0690. The number of hydrogen-bond donors (Lipinski definition) is 1. The number of nitrogens with zero attached hydrogens (tertiary/aromatic N) is 1. The third-order valence-electron chi connectivity index (χ3n) is 13.2. The molecule has 2 aliphatic carbocycles. The first-order valence-electron chi connectivity index (χ1n) is 21.1. The lowest BCUT2D eigenvalue weighted by Gasteiger charge is -2.34. The van der Waals surface area contributed by atoms with Gasteiger partial charge < -0.3 is 9.88 Å². The molecular formula is C58H42N2. The molecule has 0 aliphatic heterocycles. The molecule has 2 aliphatic rings. The maximum absolute atomic E-state index is 3.77. The zero-order valence-electron chi connectivity index (χ0n) is 33.7. The fourth-order valence-corrected chi connectivity index (χ4v) is 10.6. The predicted molar refractivity (Wildman–Crippen MR) is 253 cm³/mol. The number of nitrogens with one attached hydrogen (secondary N) is 1. The third kappa shape index (κ3) is 5.14. The minimum atomic E-state index is -0.253. The van der Waals surface area contributed by atoms with Crippen molar-refractivity contribution < 1.29 is 0 Å². The Balaban J connectivity index is 1.21. The Kier molecular flexibility index (Phi) is 7.68. The van der Waals surface area contributed by atoms with Crippen molar-refractivity contribution in [2.24, 2.45) is 0 Å². The lowest BCUT2D eigenvalue weighted by Crippen LogP contribution is -2.19. The average Bonchev–Trinajstić information content (AvgIpc) is 3.95. The molecule has 0 radical (unpaired) electrons. The lowest BCUT2D eigenvalue weighted by atomic mass is 9.77. The van der Waals surface area contributed by atoms with E-state index in [4.69, 9.17) is 0 Å². The topological polar surface area (TPSA) is 19.0 Å². The largest absolute Gasteiger partial charge is 0.354 e. The molecule has 10 aromatic rings. The van der Waals surface area contributed by atoms with Gasteiger partial charge in [-0.3, -0.25) is 0 Å². The number of rotatable bonds is 6. The van der Waals surface area contributed by atoms with Crippen LogP contribution in [0.2, 0.25) is 0 Å².